The summed E-state index contributed by atoms with van der Waals surface area (Å²) in [5.41, 5.74) is 1.02. The zero-order chi connectivity index (χ0) is 19.9. The van der Waals surface area contributed by atoms with E-state index < -0.39 is 11.4 Å². The Kier molecular flexibility index (Phi) is 4.77. The van der Waals surface area contributed by atoms with Crippen LogP contribution in [0.5, 0.6) is 0 Å². The van der Waals surface area contributed by atoms with E-state index in [0.29, 0.717) is 19.4 Å². The molecular weight excluding hydrogens is 358 g/mol. The second-order valence-electron chi connectivity index (χ2n) is 8.35. The molecule has 4 rings (SSSR count). The Morgan fingerprint density at radius 1 is 1.32 bits per heavy atom. The number of carboxylic acids is 1. The van der Waals surface area contributed by atoms with Crippen LogP contribution in [0.1, 0.15) is 50.6 Å². The van der Waals surface area contributed by atoms with E-state index in [9.17, 15) is 19.5 Å². The van der Waals surface area contributed by atoms with Crippen LogP contribution in [0.2, 0.25) is 0 Å². The lowest BCUT2D eigenvalue weighted by atomic mass is 9.81. The molecule has 2 heterocycles. The van der Waals surface area contributed by atoms with Crippen LogP contribution < -0.4 is 10.2 Å². The van der Waals surface area contributed by atoms with Gasteiger partial charge in [-0.3, -0.25) is 9.59 Å². The van der Waals surface area contributed by atoms with Gasteiger partial charge in [0.15, 0.2) is 0 Å². The van der Waals surface area contributed by atoms with Crippen molar-refractivity contribution in [3.8, 4) is 0 Å². The minimum atomic E-state index is -0.777. The predicted octanol–water partition coefficient (Wildman–Crippen LogP) is 2.77. The van der Waals surface area contributed by atoms with Gasteiger partial charge in [0.2, 0.25) is 5.91 Å². The highest BCUT2D eigenvalue weighted by Gasteiger charge is 2.55. The molecule has 1 aromatic carbocycles. The molecule has 3 atom stereocenters. The molecule has 7 heteroatoms. The number of carbonyl (C=O) groups is 3. The van der Waals surface area contributed by atoms with Gasteiger partial charge in [-0.2, -0.15) is 0 Å². The Bertz CT molecular complexity index is 811. The van der Waals surface area contributed by atoms with Crippen molar-refractivity contribution in [3.05, 3.63) is 29.8 Å². The van der Waals surface area contributed by atoms with Gasteiger partial charge in [-0.15, -0.1) is 0 Å². The van der Waals surface area contributed by atoms with Crippen LogP contribution in [-0.2, 0) is 9.59 Å². The number of hydrogen-bond donors (Lipinski definition) is 2. The number of nitrogens with one attached hydrogen (secondary N) is 1. The molecule has 0 bridgehead atoms. The Morgan fingerprint density at radius 3 is 2.82 bits per heavy atom. The fourth-order valence-electron chi connectivity index (χ4n) is 5.04. The van der Waals surface area contributed by atoms with Crippen LogP contribution in [0.25, 0.3) is 0 Å². The Hall–Kier alpha value is -2.57. The van der Waals surface area contributed by atoms with E-state index in [-0.39, 0.29) is 30.4 Å². The minimum Gasteiger partial charge on any atom is -0.481 e. The second-order valence-corrected chi connectivity index (χ2v) is 8.35. The first-order valence-corrected chi connectivity index (χ1v) is 10.1. The molecule has 28 heavy (non-hydrogen) atoms. The number of carboxylic acid groups (broad SMARTS) is 1. The summed E-state index contributed by atoms with van der Waals surface area (Å²) in [6.45, 7) is 3.43. The zero-order valence-electron chi connectivity index (χ0n) is 16.2. The van der Waals surface area contributed by atoms with E-state index in [0.717, 1.165) is 37.1 Å². The summed E-state index contributed by atoms with van der Waals surface area (Å²) in [7, 11) is 0. The highest BCUT2D eigenvalue weighted by molar-refractivity contribution is 5.95. The molecule has 1 saturated carbocycles. The number of urea groups is 1. The molecule has 1 aromatic rings. The van der Waals surface area contributed by atoms with Crippen molar-refractivity contribution in [1.29, 1.82) is 0 Å². The average molecular weight is 385 g/mol. The van der Waals surface area contributed by atoms with E-state index in [1.54, 1.807) is 9.80 Å². The van der Waals surface area contributed by atoms with Crippen molar-refractivity contribution in [1.82, 2.24) is 10.2 Å². The normalized spacial score (nSPS) is 27.8. The highest BCUT2D eigenvalue weighted by atomic mass is 16.4. The van der Waals surface area contributed by atoms with Crippen molar-refractivity contribution in [2.75, 3.05) is 24.5 Å². The van der Waals surface area contributed by atoms with Crippen molar-refractivity contribution in [2.24, 2.45) is 11.3 Å². The van der Waals surface area contributed by atoms with Crippen LogP contribution >= 0.6 is 0 Å². The van der Waals surface area contributed by atoms with E-state index in [4.69, 9.17) is 0 Å². The minimum absolute atomic E-state index is 0.0514. The summed E-state index contributed by atoms with van der Waals surface area (Å²) in [6.07, 6.45) is 3.90. The number of rotatable bonds is 4. The van der Waals surface area contributed by atoms with Gasteiger partial charge in [0.1, 0.15) is 0 Å². The van der Waals surface area contributed by atoms with Gasteiger partial charge in [0.05, 0.1) is 11.5 Å². The molecule has 1 unspecified atom stereocenters. The van der Waals surface area contributed by atoms with Crippen LogP contribution in [0, 0.1) is 11.3 Å². The first-order valence-electron chi connectivity index (χ1n) is 10.1. The third kappa shape index (κ3) is 3.12. The number of carbonyl (C=O) groups excluding carboxylic acids is 2. The lowest BCUT2D eigenvalue weighted by Gasteiger charge is -2.25. The predicted molar refractivity (Wildman–Crippen MR) is 104 cm³/mol. The molecule has 0 radical (unpaired) electrons. The first-order chi connectivity index (χ1) is 13.4. The largest absolute Gasteiger partial charge is 0.481 e. The van der Waals surface area contributed by atoms with Crippen molar-refractivity contribution in [3.63, 3.8) is 0 Å². The van der Waals surface area contributed by atoms with Crippen molar-refractivity contribution >= 4 is 23.6 Å². The molecule has 3 fully saturated rings. The number of fused-ring (bicyclic) bond motifs is 1. The zero-order valence-corrected chi connectivity index (χ0v) is 16.2. The lowest BCUT2D eigenvalue weighted by molar-refractivity contribution is -0.149. The Morgan fingerprint density at radius 2 is 2.14 bits per heavy atom. The average Bonchev–Trinajstić information content (AvgIpc) is 3.35. The molecule has 2 N–H and O–H groups in total. The maximum absolute atomic E-state index is 12.8. The SMILES string of the molecule is CC(NC(=O)N1C[C@@H]2CCC[C@@]2(C(=O)O)C1)c1cccc(N2CCCC2=O)c1. The van der Waals surface area contributed by atoms with Gasteiger partial charge in [0.25, 0.3) is 0 Å². The third-order valence-electron chi connectivity index (χ3n) is 6.68. The molecular formula is C21H27N3O4. The standard InChI is InChI=1S/C21H27N3O4/c1-14(15-5-2-7-17(11-15)24-10-4-8-18(24)25)22-20(28)23-12-16-6-3-9-21(16,13-23)19(26)27/h2,5,7,11,14,16H,3-4,6,8-10,12-13H2,1H3,(H,22,28)(H,26,27)/t14?,16-,21+/m0/s1. The van der Waals surface area contributed by atoms with Crippen LogP contribution in [0.15, 0.2) is 24.3 Å². The number of likely N-dealkylation sites (tertiary alicyclic amines) is 1. The number of hydrogen-bond acceptors (Lipinski definition) is 3. The number of amides is 3. The number of benzene rings is 1. The van der Waals surface area contributed by atoms with Crippen LogP contribution in [0.3, 0.4) is 0 Å². The lowest BCUT2D eigenvalue weighted by Crippen LogP contribution is -2.42. The maximum atomic E-state index is 12.8. The van der Waals surface area contributed by atoms with Gasteiger partial charge in [-0.05, 0) is 49.8 Å². The molecule has 7 nitrogen and oxygen atoms in total. The molecule has 3 aliphatic rings. The molecule has 3 amide bonds. The molecule has 2 aliphatic heterocycles. The van der Waals surface area contributed by atoms with Crippen molar-refractivity contribution in [2.45, 2.75) is 45.1 Å². The van der Waals surface area contributed by atoms with Gasteiger partial charge in [0, 0.05) is 31.7 Å². The fraction of sp³-hybridized carbons (Fsp3) is 0.571. The Balaban J connectivity index is 1.43. The first kappa shape index (κ1) is 18.8. The summed E-state index contributed by atoms with van der Waals surface area (Å²) in [4.78, 5) is 40.0. The summed E-state index contributed by atoms with van der Waals surface area (Å²) in [5, 5.41) is 12.7. The third-order valence-corrected chi connectivity index (χ3v) is 6.68. The smallest absolute Gasteiger partial charge is 0.317 e. The summed E-state index contributed by atoms with van der Waals surface area (Å²) in [5.74, 6) is -0.590. The maximum Gasteiger partial charge on any atom is 0.317 e. The number of nitrogens with zero attached hydrogens (tertiary/aromatic N) is 2. The number of aliphatic carboxylic acids is 1. The van der Waals surface area contributed by atoms with Gasteiger partial charge in [-0.25, -0.2) is 4.79 Å². The molecule has 0 aromatic heterocycles. The van der Waals surface area contributed by atoms with E-state index in [1.165, 1.54) is 0 Å². The van der Waals surface area contributed by atoms with Crippen LogP contribution in [0.4, 0.5) is 10.5 Å². The van der Waals surface area contributed by atoms with Crippen LogP contribution in [-0.4, -0.2) is 47.5 Å². The van der Waals surface area contributed by atoms with Crippen molar-refractivity contribution < 1.29 is 19.5 Å². The fourth-order valence-corrected chi connectivity index (χ4v) is 5.04. The molecule has 150 valence electrons. The molecule has 2 saturated heterocycles. The summed E-state index contributed by atoms with van der Waals surface area (Å²) < 4.78 is 0. The summed E-state index contributed by atoms with van der Waals surface area (Å²) >= 11 is 0. The number of anilines is 1. The van der Waals surface area contributed by atoms with Gasteiger partial charge >= 0.3 is 12.0 Å². The molecule has 0 spiro atoms. The van der Waals surface area contributed by atoms with Gasteiger partial charge in [-0.1, -0.05) is 18.6 Å². The van der Waals surface area contributed by atoms with E-state index >= 15 is 0 Å². The van der Waals surface area contributed by atoms with E-state index in [1.807, 2.05) is 31.2 Å². The van der Waals surface area contributed by atoms with Gasteiger partial charge < -0.3 is 20.2 Å². The monoisotopic (exact) mass is 385 g/mol. The Labute approximate surface area is 164 Å². The second kappa shape index (κ2) is 7.11. The van der Waals surface area contributed by atoms with E-state index in [2.05, 4.69) is 5.32 Å². The highest BCUT2D eigenvalue weighted by Crippen LogP contribution is 2.48. The molecule has 1 aliphatic carbocycles. The quantitative estimate of drug-likeness (QED) is 0.834. The topological polar surface area (TPSA) is 89.9 Å². The summed E-state index contributed by atoms with van der Waals surface area (Å²) in [6, 6.07) is 7.26.